The van der Waals surface area contributed by atoms with Crippen LogP contribution in [0.3, 0.4) is 0 Å². The van der Waals surface area contributed by atoms with Crippen molar-refractivity contribution in [2.24, 2.45) is 0 Å². The maximum absolute atomic E-state index is 11.3. The number of nitrogens with one attached hydrogen (secondary N) is 1. The first-order valence-corrected chi connectivity index (χ1v) is 10.9. The van der Waals surface area contributed by atoms with Crippen molar-refractivity contribution in [2.45, 2.75) is 10.9 Å². The van der Waals surface area contributed by atoms with Gasteiger partial charge in [0.05, 0.1) is 11.9 Å². The largest absolute Gasteiger partial charge is 0.382 e. The molecule has 0 saturated carbocycles. The summed E-state index contributed by atoms with van der Waals surface area (Å²) in [5.41, 5.74) is 8.59. The molecule has 3 rings (SSSR count). The minimum absolute atomic E-state index is 0.0968. The summed E-state index contributed by atoms with van der Waals surface area (Å²) >= 11 is 1.38. The van der Waals surface area contributed by atoms with Crippen LogP contribution in [0.1, 0.15) is 11.1 Å². The van der Waals surface area contributed by atoms with E-state index in [2.05, 4.69) is 19.7 Å². The van der Waals surface area contributed by atoms with Gasteiger partial charge in [0.25, 0.3) is 0 Å². The summed E-state index contributed by atoms with van der Waals surface area (Å²) in [5.74, 6) is 0.704. The molecule has 3 N–H and O–H groups in total. The Hall–Kier alpha value is -3.16. The van der Waals surface area contributed by atoms with Gasteiger partial charge in [0, 0.05) is 29.4 Å². The maximum Gasteiger partial charge on any atom is 0.229 e. The number of benzene rings is 1. The Bertz CT molecular complexity index is 1130. The van der Waals surface area contributed by atoms with Crippen molar-refractivity contribution in [3.63, 3.8) is 0 Å². The number of hydrogen-bond donors (Lipinski definition) is 2. The van der Waals surface area contributed by atoms with Crippen molar-refractivity contribution in [3.8, 4) is 17.3 Å². The number of hydrogen-bond acceptors (Lipinski definition) is 8. The second-order valence-corrected chi connectivity index (χ2v) is 8.52. The lowest BCUT2D eigenvalue weighted by Gasteiger charge is -2.10. The van der Waals surface area contributed by atoms with Crippen LogP contribution in [0, 0.1) is 11.3 Å². The number of nitrogen functional groups attached to an aromatic ring is 1. The zero-order chi connectivity index (χ0) is 20.1. The van der Waals surface area contributed by atoms with E-state index in [-0.39, 0.29) is 11.4 Å². The molecule has 2 heterocycles. The number of aromatic nitrogens is 3. The maximum atomic E-state index is 11.3. The third-order valence-corrected chi connectivity index (χ3v) is 5.11. The fourth-order valence-corrected chi connectivity index (χ4v) is 3.73. The number of sulfonamides is 1. The lowest BCUT2D eigenvalue weighted by Crippen LogP contribution is -2.09. The minimum Gasteiger partial charge on any atom is -0.382 e. The number of nitriles is 1. The molecule has 3 aromatic rings. The Balaban J connectivity index is 1.91. The predicted octanol–water partition coefficient (Wildman–Crippen LogP) is 2.66. The Kier molecular flexibility index (Phi) is 5.77. The Morgan fingerprint density at radius 1 is 1.21 bits per heavy atom. The van der Waals surface area contributed by atoms with Crippen molar-refractivity contribution in [1.29, 1.82) is 5.26 Å². The molecule has 0 bridgehead atoms. The van der Waals surface area contributed by atoms with Gasteiger partial charge in [-0.3, -0.25) is 9.71 Å². The number of nitrogens with zero attached hydrogens (tertiary/aromatic N) is 4. The van der Waals surface area contributed by atoms with E-state index in [0.29, 0.717) is 27.9 Å². The summed E-state index contributed by atoms with van der Waals surface area (Å²) in [6.07, 6.45) is 4.53. The number of pyridine rings is 1. The van der Waals surface area contributed by atoms with Crippen LogP contribution < -0.4 is 10.5 Å². The van der Waals surface area contributed by atoms with Crippen LogP contribution in [-0.4, -0.2) is 29.6 Å². The molecule has 10 heteroatoms. The molecule has 0 saturated heterocycles. The summed E-state index contributed by atoms with van der Waals surface area (Å²) in [7, 11) is -3.37. The van der Waals surface area contributed by atoms with Gasteiger partial charge in [-0.15, -0.1) is 0 Å². The molecular formula is C18H16N6O2S2. The lowest BCUT2D eigenvalue weighted by atomic mass is 10.1. The van der Waals surface area contributed by atoms with Crippen molar-refractivity contribution < 1.29 is 8.42 Å². The van der Waals surface area contributed by atoms with E-state index in [1.54, 1.807) is 36.7 Å². The molecule has 0 aliphatic heterocycles. The van der Waals surface area contributed by atoms with Crippen LogP contribution in [0.5, 0.6) is 0 Å². The van der Waals surface area contributed by atoms with E-state index in [0.717, 1.165) is 11.8 Å². The van der Waals surface area contributed by atoms with E-state index in [9.17, 15) is 13.7 Å². The lowest BCUT2D eigenvalue weighted by molar-refractivity contribution is 0.607. The second kappa shape index (κ2) is 8.24. The normalized spacial score (nSPS) is 11.0. The zero-order valence-corrected chi connectivity index (χ0v) is 16.5. The number of rotatable bonds is 6. The third kappa shape index (κ3) is 4.97. The molecule has 0 aliphatic rings. The van der Waals surface area contributed by atoms with Gasteiger partial charge in [0.2, 0.25) is 10.0 Å². The molecular weight excluding hydrogens is 396 g/mol. The van der Waals surface area contributed by atoms with Gasteiger partial charge in [-0.25, -0.2) is 18.4 Å². The fraction of sp³-hybridized carbons (Fsp3) is 0.111. The highest BCUT2D eigenvalue weighted by Gasteiger charge is 2.15. The van der Waals surface area contributed by atoms with Gasteiger partial charge in [-0.05, 0) is 23.8 Å². The molecule has 2 aromatic heterocycles. The van der Waals surface area contributed by atoms with E-state index >= 15 is 0 Å². The summed E-state index contributed by atoms with van der Waals surface area (Å²) in [6.45, 7) is 0. The average Bonchev–Trinajstić information content (AvgIpc) is 2.66. The SMILES string of the molecule is CS(=O)(=O)Nc1ccc(-c2nc(SCc3cccnc3)nc(N)c2C#N)cc1. The Morgan fingerprint density at radius 2 is 1.96 bits per heavy atom. The quantitative estimate of drug-likeness (QED) is 0.466. The summed E-state index contributed by atoms with van der Waals surface area (Å²) in [6, 6.07) is 12.4. The highest BCUT2D eigenvalue weighted by atomic mass is 32.2. The van der Waals surface area contributed by atoms with E-state index in [4.69, 9.17) is 5.73 Å². The van der Waals surface area contributed by atoms with E-state index in [1.165, 1.54) is 11.8 Å². The first-order chi connectivity index (χ1) is 13.4. The second-order valence-electron chi connectivity index (χ2n) is 5.83. The van der Waals surface area contributed by atoms with Gasteiger partial charge < -0.3 is 5.73 Å². The summed E-state index contributed by atoms with van der Waals surface area (Å²) in [4.78, 5) is 12.8. The highest BCUT2D eigenvalue weighted by Crippen LogP contribution is 2.29. The first kappa shape index (κ1) is 19.6. The zero-order valence-electron chi connectivity index (χ0n) is 14.8. The molecule has 142 valence electrons. The third-order valence-electron chi connectivity index (χ3n) is 3.58. The van der Waals surface area contributed by atoms with Crippen LogP contribution >= 0.6 is 11.8 Å². The Morgan fingerprint density at radius 3 is 2.57 bits per heavy atom. The molecule has 0 amide bonds. The van der Waals surface area contributed by atoms with Crippen LogP contribution in [-0.2, 0) is 15.8 Å². The number of thioether (sulfide) groups is 1. The molecule has 0 atom stereocenters. The van der Waals surface area contributed by atoms with Crippen LogP contribution in [0.2, 0.25) is 0 Å². The average molecular weight is 413 g/mol. The molecule has 28 heavy (non-hydrogen) atoms. The first-order valence-electron chi connectivity index (χ1n) is 8.03. The summed E-state index contributed by atoms with van der Waals surface area (Å²) in [5, 5.41) is 9.89. The standard InChI is InChI=1S/C18H16N6O2S2/c1-28(25,26)24-14-6-4-13(5-7-14)16-15(9-19)17(20)23-18(22-16)27-11-12-3-2-8-21-10-12/h2-8,10,24H,11H2,1H3,(H2,20,22,23). The van der Waals surface area contributed by atoms with Gasteiger partial charge >= 0.3 is 0 Å². The molecule has 0 aliphatic carbocycles. The van der Waals surface area contributed by atoms with Crippen LogP contribution in [0.15, 0.2) is 53.9 Å². The topological polar surface area (TPSA) is 135 Å². The molecule has 0 fully saturated rings. The smallest absolute Gasteiger partial charge is 0.229 e. The molecule has 1 aromatic carbocycles. The van der Waals surface area contributed by atoms with Gasteiger partial charge in [-0.1, -0.05) is 30.0 Å². The van der Waals surface area contributed by atoms with E-state index < -0.39 is 10.0 Å². The highest BCUT2D eigenvalue weighted by molar-refractivity contribution is 7.98. The number of nitrogens with two attached hydrogens (primary N) is 1. The van der Waals surface area contributed by atoms with Crippen molar-refractivity contribution in [3.05, 3.63) is 59.9 Å². The summed E-state index contributed by atoms with van der Waals surface area (Å²) < 4.78 is 25.1. The van der Waals surface area contributed by atoms with Gasteiger partial charge in [-0.2, -0.15) is 5.26 Å². The molecule has 8 nitrogen and oxygen atoms in total. The van der Waals surface area contributed by atoms with Crippen LogP contribution in [0.25, 0.3) is 11.3 Å². The fourth-order valence-electron chi connectivity index (χ4n) is 2.38. The molecule has 0 radical (unpaired) electrons. The van der Waals surface area contributed by atoms with E-state index in [1.807, 2.05) is 18.2 Å². The Labute approximate surface area is 166 Å². The molecule has 0 unspecified atom stereocenters. The van der Waals surface area contributed by atoms with Gasteiger partial charge in [0.15, 0.2) is 5.16 Å². The van der Waals surface area contributed by atoms with Gasteiger partial charge in [0.1, 0.15) is 17.5 Å². The van der Waals surface area contributed by atoms with Crippen molar-refractivity contribution >= 4 is 33.3 Å². The number of anilines is 2. The van der Waals surface area contributed by atoms with Crippen LogP contribution in [0.4, 0.5) is 11.5 Å². The monoisotopic (exact) mass is 412 g/mol. The van der Waals surface area contributed by atoms with Crippen molar-refractivity contribution in [1.82, 2.24) is 15.0 Å². The minimum atomic E-state index is -3.37. The molecule has 0 spiro atoms. The predicted molar refractivity (Wildman–Crippen MR) is 109 cm³/mol. The van der Waals surface area contributed by atoms with Crippen molar-refractivity contribution in [2.75, 3.05) is 16.7 Å².